The number of likely N-dealkylation sites (tertiary alicyclic amines) is 1. The molecule has 0 spiro atoms. The van der Waals surface area contributed by atoms with Crippen molar-refractivity contribution in [2.24, 2.45) is 7.05 Å². The van der Waals surface area contributed by atoms with Gasteiger partial charge < -0.3 is 18.9 Å². The number of piperidine rings is 1. The van der Waals surface area contributed by atoms with Crippen LogP contribution in [-0.4, -0.2) is 47.8 Å². The number of nitriles is 1. The van der Waals surface area contributed by atoms with Crippen LogP contribution in [0, 0.1) is 18.3 Å². The molecular weight excluding hydrogens is 509 g/mol. The second kappa shape index (κ2) is 11.6. The van der Waals surface area contributed by atoms with Gasteiger partial charge in [0, 0.05) is 59.4 Å². The molecule has 1 fully saturated rings. The minimum atomic E-state index is -0.332. The SMILES string of the molecule is C=C(c1ccc(Cl)c(Cc2cc3c(C)cc(C#N)cc3n2C)c1Cl)N1CCC(OCC(=O)OCC)CC1. The average molecular weight is 540 g/mol. The molecule has 0 amide bonds. The monoisotopic (exact) mass is 539 g/mol. The first-order chi connectivity index (χ1) is 17.7. The van der Waals surface area contributed by atoms with Crippen LogP contribution < -0.4 is 0 Å². The second-order valence-corrected chi connectivity index (χ2v) is 10.1. The van der Waals surface area contributed by atoms with E-state index in [9.17, 15) is 10.1 Å². The Bertz CT molecular complexity index is 1380. The maximum Gasteiger partial charge on any atom is 0.332 e. The third kappa shape index (κ3) is 5.80. The van der Waals surface area contributed by atoms with Gasteiger partial charge in [0.15, 0.2) is 0 Å². The maximum absolute atomic E-state index is 11.6. The Hall–Kier alpha value is -2.98. The molecule has 0 N–H and O–H groups in total. The van der Waals surface area contributed by atoms with Gasteiger partial charge in [-0.2, -0.15) is 5.26 Å². The van der Waals surface area contributed by atoms with Crippen molar-refractivity contribution >= 4 is 45.8 Å². The fourth-order valence-electron chi connectivity index (χ4n) is 4.91. The van der Waals surface area contributed by atoms with E-state index in [4.69, 9.17) is 32.7 Å². The Morgan fingerprint density at radius 2 is 1.95 bits per heavy atom. The molecule has 2 aromatic carbocycles. The minimum absolute atomic E-state index is 0.0150. The quantitative estimate of drug-likeness (QED) is 0.315. The van der Waals surface area contributed by atoms with E-state index in [0.717, 1.165) is 64.9 Å². The number of hydrogen-bond donors (Lipinski definition) is 0. The summed E-state index contributed by atoms with van der Waals surface area (Å²) >= 11 is 13.6. The molecule has 8 heteroatoms. The Labute approximate surface area is 228 Å². The van der Waals surface area contributed by atoms with Crippen molar-refractivity contribution in [2.75, 3.05) is 26.3 Å². The summed E-state index contributed by atoms with van der Waals surface area (Å²) in [5.41, 5.74) is 6.31. The summed E-state index contributed by atoms with van der Waals surface area (Å²) in [7, 11) is 2.00. The number of carbonyl (C=O) groups is 1. The van der Waals surface area contributed by atoms with E-state index in [-0.39, 0.29) is 18.7 Å². The van der Waals surface area contributed by atoms with Crippen molar-refractivity contribution in [2.45, 2.75) is 39.2 Å². The average Bonchev–Trinajstić information content (AvgIpc) is 3.21. The number of benzene rings is 2. The standard InChI is InChI=1S/C29H31Cl2N3O3/c1-5-36-28(35)17-37-22-8-10-34(11-9-22)19(3)23-6-7-26(30)25(29(23)31)15-21-14-24-18(2)12-20(16-32)13-27(24)33(21)4/h6-7,12-14,22H,3,5,8-11,15,17H2,1-2,4H3. The summed E-state index contributed by atoms with van der Waals surface area (Å²) in [6.45, 7) is 9.99. The maximum atomic E-state index is 11.6. The number of rotatable bonds is 8. The fourth-order valence-corrected chi connectivity index (χ4v) is 5.53. The lowest BCUT2D eigenvalue weighted by Crippen LogP contribution is -2.36. The number of ether oxygens (including phenoxy) is 2. The highest BCUT2D eigenvalue weighted by molar-refractivity contribution is 6.37. The van der Waals surface area contributed by atoms with Crippen LogP contribution in [0.3, 0.4) is 0 Å². The molecule has 0 atom stereocenters. The van der Waals surface area contributed by atoms with Crippen LogP contribution in [-0.2, 0) is 27.7 Å². The van der Waals surface area contributed by atoms with Gasteiger partial charge in [-0.25, -0.2) is 4.79 Å². The second-order valence-electron chi connectivity index (χ2n) is 9.35. The van der Waals surface area contributed by atoms with Gasteiger partial charge in [-0.05, 0) is 68.1 Å². The van der Waals surface area contributed by atoms with Gasteiger partial charge in [0.05, 0.1) is 29.4 Å². The van der Waals surface area contributed by atoms with Gasteiger partial charge >= 0.3 is 5.97 Å². The Balaban J connectivity index is 1.50. The lowest BCUT2D eigenvalue weighted by molar-refractivity contribution is -0.151. The van der Waals surface area contributed by atoms with Gasteiger partial charge in [-0.1, -0.05) is 29.8 Å². The van der Waals surface area contributed by atoms with E-state index in [2.05, 4.69) is 28.2 Å². The van der Waals surface area contributed by atoms with Crippen LogP contribution >= 0.6 is 23.2 Å². The highest BCUT2D eigenvalue weighted by Gasteiger charge is 2.24. The largest absolute Gasteiger partial charge is 0.464 e. The van der Waals surface area contributed by atoms with Crippen LogP contribution in [0.15, 0.2) is 36.9 Å². The molecule has 4 rings (SSSR count). The number of esters is 1. The van der Waals surface area contributed by atoms with Crippen molar-refractivity contribution in [1.29, 1.82) is 5.26 Å². The Morgan fingerprint density at radius 1 is 1.22 bits per heavy atom. The van der Waals surface area contributed by atoms with E-state index in [1.165, 1.54) is 0 Å². The zero-order valence-electron chi connectivity index (χ0n) is 21.4. The number of fused-ring (bicyclic) bond motifs is 1. The molecule has 3 aromatic rings. The molecule has 6 nitrogen and oxygen atoms in total. The predicted octanol–water partition coefficient (Wildman–Crippen LogP) is 6.27. The van der Waals surface area contributed by atoms with E-state index in [1.807, 2.05) is 38.2 Å². The van der Waals surface area contributed by atoms with Crippen molar-refractivity contribution in [1.82, 2.24) is 9.47 Å². The molecule has 1 aliphatic rings. The van der Waals surface area contributed by atoms with Crippen molar-refractivity contribution in [3.8, 4) is 6.07 Å². The highest BCUT2D eigenvalue weighted by Crippen LogP contribution is 2.36. The molecular formula is C29H31Cl2N3O3. The third-order valence-electron chi connectivity index (χ3n) is 7.02. The molecule has 0 saturated carbocycles. The number of aromatic nitrogens is 1. The van der Waals surface area contributed by atoms with Crippen molar-refractivity contribution in [3.05, 3.63) is 74.9 Å². The Kier molecular flexibility index (Phi) is 8.49. The van der Waals surface area contributed by atoms with E-state index < -0.39 is 0 Å². The third-order valence-corrected chi connectivity index (χ3v) is 7.80. The van der Waals surface area contributed by atoms with Crippen LogP contribution in [0.2, 0.25) is 10.0 Å². The summed E-state index contributed by atoms with van der Waals surface area (Å²) in [6.07, 6.45) is 2.14. The first-order valence-corrected chi connectivity index (χ1v) is 13.2. The fraction of sp³-hybridized carbons (Fsp3) is 0.379. The first-order valence-electron chi connectivity index (χ1n) is 12.4. The van der Waals surface area contributed by atoms with E-state index in [1.54, 1.807) is 6.92 Å². The molecule has 1 saturated heterocycles. The van der Waals surface area contributed by atoms with Crippen LogP contribution in [0.5, 0.6) is 0 Å². The molecule has 2 heterocycles. The molecule has 0 aliphatic carbocycles. The molecule has 0 unspecified atom stereocenters. The molecule has 194 valence electrons. The van der Waals surface area contributed by atoms with Crippen LogP contribution in [0.25, 0.3) is 16.6 Å². The number of carbonyl (C=O) groups excluding carboxylic acids is 1. The van der Waals surface area contributed by atoms with Gasteiger partial charge in [0.25, 0.3) is 0 Å². The predicted molar refractivity (Wildman–Crippen MR) is 148 cm³/mol. The topological polar surface area (TPSA) is 67.5 Å². The molecule has 37 heavy (non-hydrogen) atoms. The number of halogens is 2. The molecule has 1 aromatic heterocycles. The summed E-state index contributed by atoms with van der Waals surface area (Å²) in [5, 5.41) is 11.7. The van der Waals surface area contributed by atoms with Gasteiger partial charge in [-0.3, -0.25) is 0 Å². The summed E-state index contributed by atoms with van der Waals surface area (Å²) in [6, 6.07) is 12.0. The van der Waals surface area contributed by atoms with Gasteiger partial charge in [-0.15, -0.1) is 0 Å². The highest BCUT2D eigenvalue weighted by atomic mass is 35.5. The first kappa shape index (κ1) is 27.1. The van der Waals surface area contributed by atoms with Crippen molar-refractivity contribution < 1.29 is 14.3 Å². The lowest BCUT2D eigenvalue weighted by atomic mass is 10.0. The lowest BCUT2D eigenvalue weighted by Gasteiger charge is -2.35. The van der Waals surface area contributed by atoms with Crippen LogP contribution in [0.4, 0.5) is 0 Å². The summed E-state index contributed by atoms with van der Waals surface area (Å²) < 4.78 is 12.8. The smallest absolute Gasteiger partial charge is 0.332 e. The van der Waals surface area contributed by atoms with E-state index >= 15 is 0 Å². The zero-order chi connectivity index (χ0) is 26.7. The Morgan fingerprint density at radius 3 is 2.62 bits per heavy atom. The summed E-state index contributed by atoms with van der Waals surface area (Å²) in [5.74, 6) is -0.332. The zero-order valence-corrected chi connectivity index (χ0v) is 23.0. The van der Waals surface area contributed by atoms with Crippen molar-refractivity contribution in [3.63, 3.8) is 0 Å². The van der Waals surface area contributed by atoms with Crippen LogP contribution in [0.1, 0.15) is 47.7 Å². The number of hydrogen-bond acceptors (Lipinski definition) is 5. The van der Waals surface area contributed by atoms with Gasteiger partial charge in [0.1, 0.15) is 6.61 Å². The van der Waals surface area contributed by atoms with E-state index in [0.29, 0.717) is 28.6 Å². The number of nitrogens with zero attached hydrogens (tertiary/aromatic N) is 3. The van der Waals surface area contributed by atoms with Gasteiger partial charge in [0.2, 0.25) is 0 Å². The molecule has 0 radical (unpaired) electrons. The molecule has 1 aliphatic heterocycles. The normalized spacial score (nSPS) is 14.1. The summed E-state index contributed by atoms with van der Waals surface area (Å²) in [4.78, 5) is 13.8. The minimum Gasteiger partial charge on any atom is -0.464 e. The molecule has 0 bridgehead atoms. The number of aryl methyl sites for hydroxylation is 2.